The highest BCUT2D eigenvalue weighted by molar-refractivity contribution is 9.10. The highest BCUT2D eigenvalue weighted by atomic mass is 79.9. The number of ether oxygens (including phenoxy) is 2. The minimum atomic E-state index is 0.597. The highest BCUT2D eigenvalue weighted by Crippen LogP contribution is 2.30. The van der Waals surface area contributed by atoms with Gasteiger partial charge >= 0.3 is 0 Å². The van der Waals surface area contributed by atoms with Gasteiger partial charge in [-0.3, -0.25) is 4.98 Å². The van der Waals surface area contributed by atoms with E-state index in [2.05, 4.69) is 26.2 Å². The van der Waals surface area contributed by atoms with E-state index in [1.54, 1.807) is 26.6 Å². The summed E-state index contributed by atoms with van der Waals surface area (Å²) in [6.45, 7) is 0.618. The average molecular weight is 338 g/mol. The van der Waals surface area contributed by atoms with Crippen LogP contribution in [0, 0.1) is 0 Å². The molecule has 0 bridgehead atoms. The summed E-state index contributed by atoms with van der Waals surface area (Å²) < 4.78 is 11.3. The van der Waals surface area contributed by atoms with E-state index in [-0.39, 0.29) is 0 Å². The van der Waals surface area contributed by atoms with Crippen LogP contribution in [0.4, 0.5) is 11.4 Å². The minimum Gasteiger partial charge on any atom is -0.493 e. The minimum absolute atomic E-state index is 0.597. The SMILES string of the molecule is COc1ccc(CNc2c(N)cncc2Br)cc1OC. The highest BCUT2D eigenvalue weighted by Gasteiger charge is 2.07. The van der Waals surface area contributed by atoms with E-state index in [4.69, 9.17) is 15.2 Å². The summed E-state index contributed by atoms with van der Waals surface area (Å²) in [4.78, 5) is 4.00. The number of pyridine rings is 1. The number of nitrogens with zero attached hydrogens (tertiary/aromatic N) is 1. The third-order valence-corrected chi connectivity index (χ3v) is 3.45. The average Bonchev–Trinajstić information content (AvgIpc) is 2.46. The van der Waals surface area contributed by atoms with Gasteiger partial charge in [0.15, 0.2) is 11.5 Å². The Bertz CT molecular complexity index is 585. The molecule has 0 unspecified atom stereocenters. The van der Waals surface area contributed by atoms with Crippen LogP contribution in [0.1, 0.15) is 5.56 Å². The predicted molar refractivity (Wildman–Crippen MR) is 83.2 cm³/mol. The van der Waals surface area contributed by atoms with Gasteiger partial charge in [0, 0.05) is 12.7 Å². The van der Waals surface area contributed by atoms with Gasteiger partial charge in [0.2, 0.25) is 0 Å². The van der Waals surface area contributed by atoms with E-state index in [1.807, 2.05) is 18.2 Å². The fourth-order valence-electron chi connectivity index (χ4n) is 1.82. The molecule has 0 aliphatic carbocycles. The molecule has 1 aromatic heterocycles. The Balaban J connectivity index is 2.15. The standard InChI is InChI=1S/C14H16BrN3O2/c1-19-12-4-3-9(5-13(12)20-2)6-18-14-10(15)7-17-8-11(14)16/h3-5,7-8H,6,16H2,1-2H3,(H,17,18). The van der Waals surface area contributed by atoms with Crippen molar-refractivity contribution in [2.45, 2.75) is 6.54 Å². The van der Waals surface area contributed by atoms with E-state index >= 15 is 0 Å². The van der Waals surface area contributed by atoms with Crippen molar-refractivity contribution in [3.63, 3.8) is 0 Å². The van der Waals surface area contributed by atoms with Gasteiger partial charge in [0.05, 0.1) is 36.3 Å². The van der Waals surface area contributed by atoms with Gasteiger partial charge in [0.25, 0.3) is 0 Å². The van der Waals surface area contributed by atoms with Crippen LogP contribution in [-0.4, -0.2) is 19.2 Å². The summed E-state index contributed by atoms with van der Waals surface area (Å²) in [5, 5.41) is 3.28. The van der Waals surface area contributed by atoms with Crippen molar-refractivity contribution >= 4 is 27.3 Å². The molecule has 0 spiro atoms. The summed E-state index contributed by atoms with van der Waals surface area (Å²) in [5.74, 6) is 1.41. The molecule has 1 aromatic carbocycles. The Morgan fingerprint density at radius 1 is 1.20 bits per heavy atom. The summed E-state index contributed by atoms with van der Waals surface area (Å²) in [7, 11) is 3.23. The zero-order valence-corrected chi connectivity index (χ0v) is 12.9. The lowest BCUT2D eigenvalue weighted by atomic mass is 10.2. The maximum Gasteiger partial charge on any atom is 0.161 e. The van der Waals surface area contributed by atoms with Gasteiger partial charge in [-0.1, -0.05) is 6.07 Å². The van der Waals surface area contributed by atoms with Crippen LogP contribution in [0.3, 0.4) is 0 Å². The molecule has 0 fully saturated rings. The number of methoxy groups -OCH3 is 2. The molecule has 2 rings (SSSR count). The fourth-order valence-corrected chi connectivity index (χ4v) is 2.30. The van der Waals surface area contributed by atoms with Gasteiger partial charge in [-0.15, -0.1) is 0 Å². The number of nitrogen functional groups attached to an aromatic ring is 1. The number of rotatable bonds is 5. The van der Waals surface area contributed by atoms with E-state index in [0.717, 1.165) is 15.7 Å². The molecular formula is C14H16BrN3O2. The number of halogens is 1. The molecule has 0 aliphatic heterocycles. The van der Waals surface area contributed by atoms with Gasteiger partial charge in [-0.05, 0) is 33.6 Å². The molecule has 106 valence electrons. The Hall–Kier alpha value is -1.95. The molecule has 0 saturated heterocycles. The number of nitrogens with one attached hydrogen (secondary N) is 1. The molecule has 0 aliphatic rings. The second-order valence-corrected chi connectivity index (χ2v) is 4.98. The van der Waals surface area contributed by atoms with Crippen molar-refractivity contribution in [3.05, 3.63) is 40.6 Å². The summed E-state index contributed by atoms with van der Waals surface area (Å²) in [6.07, 6.45) is 3.31. The first-order chi connectivity index (χ1) is 9.65. The second-order valence-electron chi connectivity index (χ2n) is 4.13. The number of benzene rings is 1. The molecular weight excluding hydrogens is 322 g/mol. The van der Waals surface area contributed by atoms with Crippen molar-refractivity contribution in [1.82, 2.24) is 4.98 Å². The lowest BCUT2D eigenvalue weighted by Gasteiger charge is -2.13. The number of hydrogen-bond donors (Lipinski definition) is 2. The van der Waals surface area contributed by atoms with Crippen molar-refractivity contribution in [1.29, 1.82) is 0 Å². The molecule has 2 aromatic rings. The van der Waals surface area contributed by atoms with E-state index in [9.17, 15) is 0 Å². The molecule has 6 heteroatoms. The Morgan fingerprint density at radius 3 is 2.60 bits per heavy atom. The van der Waals surface area contributed by atoms with Crippen molar-refractivity contribution in [2.24, 2.45) is 0 Å². The predicted octanol–water partition coefficient (Wildman–Crippen LogP) is 3.06. The van der Waals surface area contributed by atoms with E-state index in [0.29, 0.717) is 23.7 Å². The molecule has 5 nitrogen and oxygen atoms in total. The lowest BCUT2D eigenvalue weighted by molar-refractivity contribution is 0.354. The van der Waals surface area contributed by atoms with Crippen molar-refractivity contribution in [2.75, 3.05) is 25.3 Å². The van der Waals surface area contributed by atoms with Crippen LogP contribution in [0.15, 0.2) is 35.1 Å². The molecule has 20 heavy (non-hydrogen) atoms. The molecule has 0 atom stereocenters. The summed E-state index contributed by atoms with van der Waals surface area (Å²) in [6, 6.07) is 5.78. The Labute approximate surface area is 126 Å². The molecule has 1 heterocycles. The van der Waals surface area contributed by atoms with Gasteiger partial charge < -0.3 is 20.5 Å². The van der Waals surface area contributed by atoms with Crippen LogP contribution in [-0.2, 0) is 6.54 Å². The van der Waals surface area contributed by atoms with Crippen LogP contribution in [0.5, 0.6) is 11.5 Å². The van der Waals surface area contributed by atoms with Crippen LogP contribution < -0.4 is 20.5 Å². The van der Waals surface area contributed by atoms with Crippen molar-refractivity contribution in [3.8, 4) is 11.5 Å². The lowest BCUT2D eigenvalue weighted by Crippen LogP contribution is -2.04. The third kappa shape index (κ3) is 3.14. The zero-order chi connectivity index (χ0) is 14.5. The summed E-state index contributed by atoms with van der Waals surface area (Å²) in [5.41, 5.74) is 8.37. The van der Waals surface area contributed by atoms with Gasteiger partial charge in [-0.25, -0.2) is 0 Å². The fraction of sp³-hybridized carbons (Fsp3) is 0.214. The first kappa shape index (κ1) is 14.5. The zero-order valence-electron chi connectivity index (χ0n) is 11.3. The first-order valence-corrected chi connectivity index (χ1v) is 6.78. The second kappa shape index (κ2) is 6.47. The van der Waals surface area contributed by atoms with Crippen LogP contribution >= 0.6 is 15.9 Å². The summed E-state index contributed by atoms with van der Waals surface area (Å²) >= 11 is 3.42. The van der Waals surface area contributed by atoms with E-state index < -0.39 is 0 Å². The maximum atomic E-state index is 5.89. The Kier molecular flexibility index (Phi) is 4.68. The van der Waals surface area contributed by atoms with Crippen LogP contribution in [0.25, 0.3) is 0 Å². The van der Waals surface area contributed by atoms with Gasteiger partial charge in [-0.2, -0.15) is 0 Å². The largest absolute Gasteiger partial charge is 0.493 e. The topological polar surface area (TPSA) is 69.4 Å². The van der Waals surface area contributed by atoms with Crippen LogP contribution in [0.2, 0.25) is 0 Å². The molecule has 0 radical (unpaired) electrons. The third-order valence-electron chi connectivity index (χ3n) is 2.85. The quantitative estimate of drug-likeness (QED) is 0.877. The smallest absolute Gasteiger partial charge is 0.161 e. The van der Waals surface area contributed by atoms with Crippen molar-refractivity contribution < 1.29 is 9.47 Å². The molecule has 0 saturated carbocycles. The molecule has 0 amide bonds. The van der Waals surface area contributed by atoms with Gasteiger partial charge in [0.1, 0.15) is 0 Å². The molecule has 3 N–H and O–H groups in total. The maximum absolute atomic E-state index is 5.89. The number of anilines is 2. The number of aromatic nitrogens is 1. The normalized spacial score (nSPS) is 10.2. The van der Waals surface area contributed by atoms with E-state index in [1.165, 1.54) is 0 Å². The number of nitrogens with two attached hydrogens (primary N) is 1. The Morgan fingerprint density at radius 2 is 1.95 bits per heavy atom. The number of hydrogen-bond acceptors (Lipinski definition) is 5. The first-order valence-electron chi connectivity index (χ1n) is 5.99. The monoisotopic (exact) mass is 337 g/mol.